The Balaban J connectivity index is 2.07. The van der Waals surface area contributed by atoms with Crippen LogP contribution in [0.25, 0.3) is 0 Å². The molecule has 210 valence electrons. The Morgan fingerprint density at radius 3 is 2.31 bits per heavy atom. The standard InChI is InChI=1S/C33H42O6/c1-19(2)14-15-22-17-32-18-25(31(7,8)38)39-28(32)23(16-24(34)20(3)4)27(36)33(29(32)37,30(22,5)6)26(35)21-12-10-9-11-13-21/h9-14,22,24-25,34,38H,3,15-18H2,1-2,4-8H3/t22-,24-,25-,32-,33-/m1/s1. The highest BCUT2D eigenvalue weighted by atomic mass is 16.5. The number of fused-ring (bicyclic) bond motifs is 1. The molecule has 1 aliphatic heterocycles. The van der Waals surface area contributed by atoms with Gasteiger partial charge in [-0.2, -0.15) is 0 Å². The third-order valence-corrected chi connectivity index (χ3v) is 9.42. The fourth-order valence-corrected chi connectivity index (χ4v) is 6.90. The van der Waals surface area contributed by atoms with E-state index in [0.29, 0.717) is 24.0 Å². The average molecular weight is 535 g/mol. The molecule has 0 radical (unpaired) electrons. The van der Waals surface area contributed by atoms with E-state index in [1.54, 1.807) is 51.1 Å². The molecule has 2 bridgehead atoms. The Kier molecular flexibility index (Phi) is 7.23. The summed E-state index contributed by atoms with van der Waals surface area (Å²) < 4.78 is 6.33. The third-order valence-electron chi connectivity index (χ3n) is 9.42. The zero-order chi connectivity index (χ0) is 29.1. The van der Waals surface area contributed by atoms with Crippen molar-refractivity contribution in [2.24, 2.45) is 22.2 Å². The lowest BCUT2D eigenvalue weighted by atomic mass is 9.39. The molecule has 0 unspecified atom stereocenters. The van der Waals surface area contributed by atoms with Crippen molar-refractivity contribution in [3.63, 3.8) is 0 Å². The number of benzene rings is 1. The van der Waals surface area contributed by atoms with E-state index in [-0.39, 0.29) is 30.1 Å². The molecule has 1 saturated heterocycles. The summed E-state index contributed by atoms with van der Waals surface area (Å²) in [6.45, 7) is 16.5. The van der Waals surface area contributed by atoms with Gasteiger partial charge in [-0.05, 0) is 58.8 Å². The van der Waals surface area contributed by atoms with Crippen molar-refractivity contribution in [1.82, 2.24) is 0 Å². The van der Waals surface area contributed by atoms with Crippen molar-refractivity contribution in [3.05, 3.63) is 71.0 Å². The summed E-state index contributed by atoms with van der Waals surface area (Å²) in [5.74, 6) is -1.54. The molecule has 1 aromatic rings. The van der Waals surface area contributed by atoms with Crippen LogP contribution in [0, 0.1) is 22.2 Å². The van der Waals surface area contributed by atoms with Crippen LogP contribution in [0.4, 0.5) is 0 Å². The monoisotopic (exact) mass is 534 g/mol. The maximum absolute atomic E-state index is 15.0. The number of Topliss-reactive ketones (excluding diaryl/α,β-unsaturated/α-hetero) is 3. The Bertz CT molecular complexity index is 1270. The van der Waals surface area contributed by atoms with Gasteiger partial charge >= 0.3 is 0 Å². The largest absolute Gasteiger partial charge is 0.490 e. The molecule has 1 aromatic carbocycles. The molecular formula is C33H42O6. The SMILES string of the molecule is C=C(C)[C@H](O)CC1=C2O[C@@H](C(C)(C)O)C[C@]23C[C@@H](CC=C(C)C)C(C)(C)[C@](C(=O)c2ccccc2)(C1=O)C3=O. The minimum atomic E-state index is -2.00. The highest BCUT2D eigenvalue weighted by molar-refractivity contribution is 6.36. The lowest BCUT2D eigenvalue weighted by molar-refractivity contribution is -0.163. The van der Waals surface area contributed by atoms with Crippen LogP contribution in [0.1, 0.15) is 84.5 Å². The number of rotatable bonds is 8. The van der Waals surface area contributed by atoms with Crippen LogP contribution >= 0.6 is 0 Å². The maximum Gasteiger partial charge on any atom is 0.184 e. The first kappa shape index (κ1) is 29.2. The predicted octanol–water partition coefficient (Wildman–Crippen LogP) is 5.54. The molecule has 2 N–H and O–H groups in total. The van der Waals surface area contributed by atoms with E-state index in [1.165, 1.54) is 0 Å². The van der Waals surface area contributed by atoms with Gasteiger partial charge in [0.1, 0.15) is 11.9 Å². The fraction of sp³-hybridized carbons (Fsp3) is 0.545. The maximum atomic E-state index is 15.0. The molecule has 0 aromatic heterocycles. The Morgan fingerprint density at radius 2 is 1.77 bits per heavy atom. The highest BCUT2D eigenvalue weighted by Gasteiger charge is 2.77. The van der Waals surface area contributed by atoms with Gasteiger partial charge in [-0.15, -0.1) is 0 Å². The van der Waals surface area contributed by atoms with E-state index in [1.807, 2.05) is 27.7 Å². The summed E-state index contributed by atoms with van der Waals surface area (Å²) in [6, 6.07) is 8.53. The van der Waals surface area contributed by atoms with E-state index in [2.05, 4.69) is 12.7 Å². The van der Waals surface area contributed by atoms with Gasteiger partial charge in [-0.25, -0.2) is 0 Å². The second-order valence-electron chi connectivity index (χ2n) is 13.2. The second kappa shape index (κ2) is 9.67. The molecule has 3 aliphatic rings. The first-order valence-corrected chi connectivity index (χ1v) is 13.8. The van der Waals surface area contributed by atoms with Crippen LogP contribution in [0.5, 0.6) is 0 Å². The number of hydrogen-bond donors (Lipinski definition) is 2. The Morgan fingerprint density at radius 1 is 1.15 bits per heavy atom. The van der Waals surface area contributed by atoms with Gasteiger partial charge in [0, 0.05) is 24.0 Å². The zero-order valence-electron chi connectivity index (χ0n) is 24.3. The molecule has 4 rings (SSSR count). The highest BCUT2D eigenvalue weighted by Crippen LogP contribution is 2.69. The molecule has 0 amide bonds. The number of aliphatic hydroxyl groups excluding tert-OH is 1. The lowest BCUT2D eigenvalue weighted by Crippen LogP contribution is -2.69. The van der Waals surface area contributed by atoms with E-state index in [4.69, 9.17) is 4.74 Å². The molecular weight excluding hydrogens is 492 g/mol. The number of ketones is 3. The van der Waals surface area contributed by atoms with Crippen LogP contribution in [-0.4, -0.2) is 45.4 Å². The smallest absolute Gasteiger partial charge is 0.184 e. The van der Waals surface area contributed by atoms with Crippen molar-refractivity contribution in [2.75, 3.05) is 0 Å². The van der Waals surface area contributed by atoms with Crippen molar-refractivity contribution in [2.45, 2.75) is 92.0 Å². The van der Waals surface area contributed by atoms with E-state index >= 15 is 0 Å². The van der Waals surface area contributed by atoms with Crippen LogP contribution in [0.2, 0.25) is 0 Å². The normalized spacial score (nSPS) is 30.4. The molecule has 1 saturated carbocycles. The second-order valence-corrected chi connectivity index (χ2v) is 13.2. The molecule has 2 fully saturated rings. The van der Waals surface area contributed by atoms with Gasteiger partial charge in [0.05, 0.1) is 17.1 Å². The molecule has 6 heteroatoms. The van der Waals surface area contributed by atoms with Gasteiger partial charge < -0.3 is 14.9 Å². The minimum absolute atomic E-state index is 0.115. The van der Waals surface area contributed by atoms with Gasteiger partial charge in [0.15, 0.2) is 22.8 Å². The summed E-state index contributed by atoms with van der Waals surface area (Å²) in [5.41, 5.74) is -3.56. The summed E-state index contributed by atoms with van der Waals surface area (Å²) in [6.07, 6.45) is 1.30. The third kappa shape index (κ3) is 4.27. The topological polar surface area (TPSA) is 101 Å². The molecule has 6 nitrogen and oxygen atoms in total. The number of hydrogen-bond acceptors (Lipinski definition) is 6. The van der Waals surface area contributed by atoms with Gasteiger partial charge in [0.2, 0.25) is 0 Å². The number of carbonyl (C=O) groups excluding carboxylic acids is 3. The van der Waals surface area contributed by atoms with E-state index < -0.39 is 51.4 Å². The summed E-state index contributed by atoms with van der Waals surface area (Å²) in [5, 5.41) is 21.8. The quantitative estimate of drug-likeness (QED) is 0.258. The van der Waals surface area contributed by atoms with Crippen molar-refractivity contribution in [1.29, 1.82) is 0 Å². The minimum Gasteiger partial charge on any atom is -0.490 e. The predicted molar refractivity (Wildman–Crippen MR) is 150 cm³/mol. The summed E-state index contributed by atoms with van der Waals surface area (Å²) in [4.78, 5) is 44.4. The number of allylic oxidation sites excluding steroid dienone is 3. The number of ether oxygens (including phenoxy) is 1. The van der Waals surface area contributed by atoms with Crippen molar-refractivity contribution in [3.8, 4) is 0 Å². The molecule has 5 atom stereocenters. The van der Waals surface area contributed by atoms with E-state index in [0.717, 1.165) is 5.57 Å². The van der Waals surface area contributed by atoms with Crippen LogP contribution in [0.15, 0.2) is 65.5 Å². The van der Waals surface area contributed by atoms with Gasteiger partial charge in [-0.3, -0.25) is 14.4 Å². The number of aliphatic hydroxyl groups is 2. The van der Waals surface area contributed by atoms with Crippen molar-refractivity contribution >= 4 is 17.3 Å². The zero-order valence-corrected chi connectivity index (χ0v) is 24.3. The lowest BCUT2D eigenvalue weighted by Gasteiger charge is -2.58. The van der Waals surface area contributed by atoms with Crippen molar-refractivity contribution < 1.29 is 29.3 Å². The van der Waals surface area contributed by atoms with Crippen LogP contribution in [0.3, 0.4) is 0 Å². The molecule has 2 aliphatic carbocycles. The molecule has 1 spiro atoms. The fourth-order valence-electron chi connectivity index (χ4n) is 6.90. The first-order chi connectivity index (χ1) is 18.0. The summed E-state index contributed by atoms with van der Waals surface area (Å²) >= 11 is 0. The summed E-state index contributed by atoms with van der Waals surface area (Å²) in [7, 11) is 0. The van der Waals surface area contributed by atoms with Crippen LogP contribution < -0.4 is 0 Å². The van der Waals surface area contributed by atoms with E-state index in [9.17, 15) is 24.6 Å². The van der Waals surface area contributed by atoms with Crippen LogP contribution in [-0.2, 0) is 14.3 Å². The molecule has 39 heavy (non-hydrogen) atoms. The average Bonchev–Trinajstić information content (AvgIpc) is 3.24. The van der Waals surface area contributed by atoms with Gasteiger partial charge in [0.25, 0.3) is 0 Å². The number of carbonyl (C=O) groups is 3. The Labute approximate surface area is 231 Å². The Hall–Kier alpha value is -2.83. The van der Waals surface area contributed by atoms with Gasteiger partial charge in [-0.1, -0.05) is 68.0 Å². The first-order valence-electron chi connectivity index (χ1n) is 13.8. The molecule has 1 heterocycles.